The van der Waals surface area contributed by atoms with Gasteiger partial charge in [0.05, 0.1) is 17.4 Å². The molecular weight excluding hydrogens is 382 g/mol. The summed E-state index contributed by atoms with van der Waals surface area (Å²) < 4.78 is 24.0. The van der Waals surface area contributed by atoms with E-state index < -0.39 is 9.84 Å². The third-order valence-electron chi connectivity index (χ3n) is 5.89. The maximum absolute atomic E-state index is 13.5. The summed E-state index contributed by atoms with van der Waals surface area (Å²) in [5.74, 6) is 0.406. The van der Waals surface area contributed by atoms with Crippen molar-refractivity contribution in [3.63, 3.8) is 0 Å². The van der Waals surface area contributed by atoms with Gasteiger partial charge in [0.25, 0.3) is 0 Å². The van der Waals surface area contributed by atoms with Crippen LogP contribution in [0.15, 0.2) is 35.9 Å². The van der Waals surface area contributed by atoms with Gasteiger partial charge in [-0.25, -0.2) is 8.42 Å². The molecule has 1 aliphatic carbocycles. The van der Waals surface area contributed by atoms with Crippen molar-refractivity contribution in [3.8, 4) is 0 Å². The van der Waals surface area contributed by atoms with Crippen molar-refractivity contribution in [2.75, 3.05) is 11.5 Å². The molecule has 148 valence electrons. The summed E-state index contributed by atoms with van der Waals surface area (Å²) in [7, 11) is -3.07. The van der Waals surface area contributed by atoms with Crippen LogP contribution in [0.3, 0.4) is 0 Å². The van der Waals surface area contributed by atoms with Crippen LogP contribution < -0.4 is 0 Å². The number of amides is 1. The molecule has 1 saturated carbocycles. The molecule has 3 unspecified atom stereocenters. The predicted octanol–water partition coefficient (Wildman–Crippen LogP) is 4.09. The van der Waals surface area contributed by atoms with Crippen molar-refractivity contribution in [2.24, 2.45) is 17.3 Å². The van der Waals surface area contributed by atoms with E-state index in [2.05, 4.69) is 19.9 Å². The van der Waals surface area contributed by atoms with Crippen LogP contribution in [-0.2, 0) is 21.2 Å². The number of allylic oxidation sites excluding steroid dienone is 2. The van der Waals surface area contributed by atoms with Gasteiger partial charge in [-0.15, -0.1) is 0 Å². The standard InChI is InChI=1S/C21H28ClNO3S/c1-14(2)11-18-19(21(18,3)4)20(24)23(17-9-10-27(25,26)13-17)12-15-5-7-16(22)8-6-15/h5-8,11,17-19H,9-10,12-13H2,1-4H3. The molecule has 6 heteroatoms. The highest BCUT2D eigenvalue weighted by Crippen LogP contribution is 2.60. The second-order valence-corrected chi connectivity index (χ2v) is 11.4. The highest BCUT2D eigenvalue weighted by atomic mass is 35.5. The Labute approximate surface area is 167 Å². The first-order chi connectivity index (χ1) is 12.5. The number of benzene rings is 1. The van der Waals surface area contributed by atoms with E-state index in [4.69, 9.17) is 11.6 Å². The van der Waals surface area contributed by atoms with Gasteiger partial charge >= 0.3 is 0 Å². The molecule has 1 aromatic rings. The van der Waals surface area contributed by atoms with E-state index in [9.17, 15) is 13.2 Å². The van der Waals surface area contributed by atoms with Crippen molar-refractivity contribution in [3.05, 3.63) is 46.5 Å². The van der Waals surface area contributed by atoms with Gasteiger partial charge in [-0.2, -0.15) is 0 Å². The van der Waals surface area contributed by atoms with Gasteiger partial charge in [0.15, 0.2) is 9.84 Å². The molecule has 2 aliphatic rings. The lowest BCUT2D eigenvalue weighted by molar-refractivity contribution is -0.136. The monoisotopic (exact) mass is 409 g/mol. The van der Waals surface area contributed by atoms with Crippen LogP contribution in [0.25, 0.3) is 0 Å². The number of rotatable bonds is 5. The van der Waals surface area contributed by atoms with Crippen molar-refractivity contribution >= 4 is 27.3 Å². The van der Waals surface area contributed by atoms with E-state index in [1.165, 1.54) is 5.57 Å². The molecule has 2 fully saturated rings. The summed E-state index contributed by atoms with van der Waals surface area (Å²) in [5, 5.41) is 0.645. The van der Waals surface area contributed by atoms with Crippen molar-refractivity contribution in [1.29, 1.82) is 0 Å². The molecule has 0 spiro atoms. The highest BCUT2D eigenvalue weighted by molar-refractivity contribution is 7.91. The first-order valence-corrected chi connectivity index (χ1v) is 11.6. The summed E-state index contributed by atoms with van der Waals surface area (Å²) in [4.78, 5) is 15.3. The van der Waals surface area contributed by atoms with Crippen LogP contribution in [0.4, 0.5) is 0 Å². The molecule has 3 rings (SSSR count). The Bertz CT molecular complexity index is 854. The Balaban J connectivity index is 1.86. The van der Waals surface area contributed by atoms with Crippen LogP contribution in [-0.4, -0.2) is 36.8 Å². The van der Waals surface area contributed by atoms with Crippen molar-refractivity contribution < 1.29 is 13.2 Å². The van der Waals surface area contributed by atoms with Gasteiger partial charge in [-0.05, 0) is 49.3 Å². The van der Waals surface area contributed by atoms with Crippen LogP contribution in [0.5, 0.6) is 0 Å². The quantitative estimate of drug-likeness (QED) is 0.688. The second-order valence-electron chi connectivity index (χ2n) is 8.72. The topological polar surface area (TPSA) is 54.5 Å². The second kappa shape index (κ2) is 7.25. The average molecular weight is 410 g/mol. The Kier molecular flexibility index (Phi) is 5.48. The van der Waals surface area contributed by atoms with Gasteiger partial charge < -0.3 is 4.90 Å². The van der Waals surface area contributed by atoms with Gasteiger partial charge in [0.1, 0.15) is 0 Å². The zero-order valence-electron chi connectivity index (χ0n) is 16.4. The lowest BCUT2D eigenvalue weighted by Gasteiger charge is -2.29. The minimum Gasteiger partial charge on any atom is -0.334 e. The minimum atomic E-state index is -3.07. The Morgan fingerprint density at radius 1 is 1.26 bits per heavy atom. The molecule has 1 saturated heterocycles. The van der Waals surface area contributed by atoms with Crippen molar-refractivity contribution in [1.82, 2.24) is 4.90 Å². The smallest absolute Gasteiger partial charge is 0.227 e. The summed E-state index contributed by atoms with van der Waals surface area (Å²) >= 11 is 5.97. The number of nitrogens with zero attached hydrogens (tertiary/aromatic N) is 1. The fraction of sp³-hybridized carbons (Fsp3) is 0.571. The van der Waals surface area contributed by atoms with E-state index in [0.29, 0.717) is 18.0 Å². The van der Waals surface area contributed by atoms with E-state index in [-0.39, 0.29) is 40.7 Å². The minimum absolute atomic E-state index is 0.0623. The SMILES string of the molecule is CC(C)=CC1C(C(=O)N(Cc2ccc(Cl)cc2)C2CCS(=O)(=O)C2)C1(C)C. The van der Waals surface area contributed by atoms with E-state index in [1.54, 1.807) is 17.0 Å². The van der Waals surface area contributed by atoms with Gasteiger partial charge in [0, 0.05) is 17.6 Å². The van der Waals surface area contributed by atoms with Gasteiger partial charge in [-0.3, -0.25) is 4.79 Å². The molecule has 27 heavy (non-hydrogen) atoms. The largest absolute Gasteiger partial charge is 0.334 e. The van der Waals surface area contributed by atoms with Gasteiger partial charge in [0.2, 0.25) is 5.91 Å². The first-order valence-electron chi connectivity index (χ1n) is 9.41. The highest BCUT2D eigenvalue weighted by Gasteiger charge is 2.61. The summed E-state index contributed by atoms with van der Waals surface area (Å²) in [6.07, 6.45) is 2.69. The third kappa shape index (κ3) is 4.40. The number of hydrogen-bond acceptors (Lipinski definition) is 3. The van der Waals surface area contributed by atoms with E-state index >= 15 is 0 Å². The molecule has 0 N–H and O–H groups in total. The number of carbonyl (C=O) groups is 1. The maximum atomic E-state index is 13.5. The molecule has 0 radical (unpaired) electrons. The number of sulfone groups is 1. The lowest BCUT2D eigenvalue weighted by atomic mass is 10.1. The summed E-state index contributed by atoms with van der Waals surface area (Å²) in [6, 6.07) is 7.16. The van der Waals surface area contributed by atoms with Gasteiger partial charge in [-0.1, -0.05) is 49.2 Å². The zero-order chi connectivity index (χ0) is 20.0. The predicted molar refractivity (Wildman–Crippen MR) is 109 cm³/mol. The molecule has 1 aromatic carbocycles. The summed E-state index contributed by atoms with van der Waals surface area (Å²) in [5.41, 5.74) is 2.08. The van der Waals surface area contributed by atoms with Crippen molar-refractivity contribution in [2.45, 2.75) is 46.7 Å². The Morgan fingerprint density at radius 3 is 2.41 bits per heavy atom. The zero-order valence-corrected chi connectivity index (χ0v) is 18.0. The first kappa shape index (κ1) is 20.4. The molecule has 1 amide bonds. The molecule has 4 nitrogen and oxygen atoms in total. The maximum Gasteiger partial charge on any atom is 0.227 e. The fourth-order valence-corrected chi connectivity index (χ4v) is 6.05. The molecule has 0 aromatic heterocycles. The molecule has 1 heterocycles. The van der Waals surface area contributed by atoms with Crippen LogP contribution in [0.1, 0.15) is 39.7 Å². The lowest BCUT2D eigenvalue weighted by Crippen LogP contribution is -2.42. The van der Waals surface area contributed by atoms with Crippen LogP contribution in [0, 0.1) is 17.3 Å². The van der Waals surface area contributed by atoms with E-state index in [0.717, 1.165) is 5.56 Å². The number of hydrogen-bond donors (Lipinski definition) is 0. The summed E-state index contributed by atoms with van der Waals surface area (Å²) in [6.45, 7) is 8.75. The Hall–Kier alpha value is -1.33. The Morgan fingerprint density at radius 2 is 1.89 bits per heavy atom. The average Bonchev–Trinajstić information content (AvgIpc) is 2.90. The molecule has 0 bridgehead atoms. The van der Waals surface area contributed by atoms with Crippen LogP contribution >= 0.6 is 11.6 Å². The normalized spacial score (nSPS) is 27.8. The fourth-order valence-electron chi connectivity index (χ4n) is 4.19. The van der Waals surface area contributed by atoms with Crippen LogP contribution in [0.2, 0.25) is 5.02 Å². The molecule has 1 aliphatic heterocycles. The number of carbonyl (C=O) groups excluding carboxylic acids is 1. The molecular formula is C21H28ClNO3S. The number of halogens is 1. The molecule has 3 atom stereocenters. The third-order valence-corrected chi connectivity index (χ3v) is 7.89. The van der Waals surface area contributed by atoms with E-state index in [1.807, 2.05) is 26.0 Å².